The van der Waals surface area contributed by atoms with E-state index in [1.807, 2.05) is 0 Å². The highest BCUT2D eigenvalue weighted by Gasteiger charge is 2.54. The maximum absolute atomic E-state index is 11.6. The number of rotatable bonds is 5. The lowest BCUT2D eigenvalue weighted by atomic mass is 9.91. The maximum Gasteiger partial charge on any atom is 0.364 e. The van der Waals surface area contributed by atoms with E-state index in [2.05, 4.69) is 5.32 Å². The first-order chi connectivity index (χ1) is 9.27. The number of amides is 1. The topological polar surface area (TPSA) is 142 Å². The highest BCUT2D eigenvalue weighted by atomic mass is 16.7. The SMILES string of the molecule is COC1(C(=O)O)CC(O)C(NC(C)=O)C(C(=O)CO)O1. The predicted molar refractivity (Wildman–Crippen MR) is 62.6 cm³/mol. The van der Waals surface area contributed by atoms with Crippen LogP contribution in [0.3, 0.4) is 0 Å². The maximum atomic E-state index is 11.6. The number of hydrogen-bond acceptors (Lipinski definition) is 7. The zero-order valence-corrected chi connectivity index (χ0v) is 11.0. The van der Waals surface area contributed by atoms with Crippen LogP contribution in [-0.2, 0) is 23.9 Å². The second kappa shape index (κ2) is 6.27. The summed E-state index contributed by atoms with van der Waals surface area (Å²) in [6, 6.07) is -1.16. The van der Waals surface area contributed by atoms with Crippen LogP contribution in [-0.4, -0.2) is 70.7 Å². The van der Waals surface area contributed by atoms with Gasteiger partial charge in [-0.2, -0.15) is 0 Å². The molecular weight excluding hydrogens is 274 g/mol. The van der Waals surface area contributed by atoms with E-state index in [0.717, 1.165) is 7.11 Å². The average molecular weight is 291 g/mol. The molecule has 20 heavy (non-hydrogen) atoms. The number of carbonyl (C=O) groups is 3. The standard InChI is InChI=1S/C11H17NO8/c1-5(14)12-8-6(15)3-11(19-2,10(17)18)20-9(8)7(16)4-13/h6,8-9,13,15H,3-4H2,1-2H3,(H,12,14)(H,17,18). The smallest absolute Gasteiger partial charge is 0.364 e. The first-order valence-corrected chi connectivity index (χ1v) is 5.82. The van der Waals surface area contributed by atoms with Crippen LogP contribution in [0.5, 0.6) is 0 Å². The van der Waals surface area contributed by atoms with Gasteiger partial charge in [0, 0.05) is 20.5 Å². The fraction of sp³-hybridized carbons (Fsp3) is 0.727. The Kier molecular flexibility index (Phi) is 5.17. The van der Waals surface area contributed by atoms with E-state index in [4.69, 9.17) is 19.7 Å². The van der Waals surface area contributed by atoms with Gasteiger partial charge in [-0.15, -0.1) is 0 Å². The number of methoxy groups -OCH3 is 1. The fourth-order valence-electron chi connectivity index (χ4n) is 2.05. The number of ketones is 1. The second-order valence-electron chi connectivity index (χ2n) is 4.42. The van der Waals surface area contributed by atoms with Crippen molar-refractivity contribution in [2.75, 3.05) is 13.7 Å². The molecule has 0 radical (unpaired) electrons. The van der Waals surface area contributed by atoms with Gasteiger partial charge in [0.05, 0.1) is 12.1 Å². The molecule has 1 aliphatic rings. The van der Waals surface area contributed by atoms with Gasteiger partial charge in [0.25, 0.3) is 5.79 Å². The Labute approximate surface area is 114 Å². The van der Waals surface area contributed by atoms with Gasteiger partial charge in [0.1, 0.15) is 12.7 Å². The molecule has 114 valence electrons. The first-order valence-electron chi connectivity index (χ1n) is 5.82. The third kappa shape index (κ3) is 3.12. The van der Waals surface area contributed by atoms with Crippen LogP contribution in [0.4, 0.5) is 0 Å². The minimum absolute atomic E-state index is 0.473. The molecule has 9 nitrogen and oxygen atoms in total. The van der Waals surface area contributed by atoms with E-state index in [0.29, 0.717) is 0 Å². The van der Waals surface area contributed by atoms with Crippen molar-refractivity contribution < 1.29 is 39.2 Å². The van der Waals surface area contributed by atoms with Crippen molar-refractivity contribution in [1.82, 2.24) is 5.32 Å². The second-order valence-corrected chi connectivity index (χ2v) is 4.42. The summed E-state index contributed by atoms with van der Waals surface area (Å²) in [5, 5.41) is 30.3. The summed E-state index contributed by atoms with van der Waals surface area (Å²) >= 11 is 0. The Morgan fingerprint density at radius 2 is 2.05 bits per heavy atom. The average Bonchev–Trinajstić information content (AvgIpc) is 2.39. The summed E-state index contributed by atoms with van der Waals surface area (Å²) in [6.45, 7) is 0.245. The molecular formula is C11H17NO8. The van der Waals surface area contributed by atoms with Crippen LogP contribution in [0.15, 0.2) is 0 Å². The number of ether oxygens (including phenoxy) is 2. The molecule has 0 saturated carbocycles. The minimum Gasteiger partial charge on any atom is -0.477 e. The van der Waals surface area contributed by atoms with Gasteiger partial charge in [-0.25, -0.2) is 4.79 Å². The van der Waals surface area contributed by atoms with Crippen molar-refractivity contribution in [2.45, 2.75) is 37.4 Å². The molecule has 0 aliphatic carbocycles. The van der Waals surface area contributed by atoms with Crippen LogP contribution in [0.25, 0.3) is 0 Å². The van der Waals surface area contributed by atoms with Crippen molar-refractivity contribution in [3.05, 3.63) is 0 Å². The molecule has 9 heteroatoms. The highest BCUT2D eigenvalue weighted by Crippen LogP contribution is 2.31. The molecule has 1 fully saturated rings. The molecule has 4 N–H and O–H groups in total. The van der Waals surface area contributed by atoms with Gasteiger partial charge in [-0.3, -0.25) is 9.59 Å². The molecule has 1 heterocycles. The van der Waals surface area contributed by atoms with E-state index in [-0.39, 0.29) is 0 Å². The van der Waals surface area contributed by atoms with Gasteiger partial charge in [-0.05, 0) is 0 Å². The van der Waals surface area contributed by atoms with Crippen LogP contribution in [0.1, 0.15) is 13.3 Å². The van der Waals surface area contributed by atoms with Gasteiger partial charge in [0.15, 0.2) is 5.78 Å². The zero-order valence-electron chi connectivity index (χ0n) is 11.0. The molecule has 1 saturated heterocycles. The number of Topliss-reactive ketones (excluding diaryl/α,β-unsaturated/α-hetero) is 1. The normalized spacial score (nSPS) is 33.5. The number of carboxylic acid groups (broad SMARTS) is 1. The summed E-state index contributed by atoms with van der Waals surface area (Å²) in [7, 11) is 1.06. The molecule has 0 aromatic rings. The molecule has 0 aromatic heterocycles. The highest BCUT2D eigenvalue weighted by molar-refractivity contribution is 5.87. The number of aliphatic carboxylic acids is 1. The summed E-state index contributed by atoms with van der Waals surface area (Å²) in [5.41, 5.74) is 0. The Bertz CT molecular complexity index is 411. The van der Waals surface area contributed by atoms with Crippen LogP contribution >= 0.6 is 0 Å². The Balaban J connectivity index is 3.10. The van der Waals surface area contributed by atoms with Gasteiger partial charge >= 0.3 is 5.97 Å². The van der Waals surface area contributed by atoms with E-state index in [1.165, 1.54) is 6.92 Å². The first kappa shape index (κ1) is 16.5. The number of aliphatic hydroxyl groups excluding tert-OH is 2. The summed E-state index contributed by atoms with van der Waals surface area (Å²) < 4.78 is 9.88. The van der Waals surface area contributed by atoms with E-state index in [1.54, 1.807) is 0 Å². The number of carboxylic acids is 1. The summed E-state index contributed by atoms with van der Waals surface area (Å²) in [6.07, 6.45) is -3.38. The van der Waals surface area contributed by atoms with Crippen LogP contribution in [0.2, 0.25) is 0 Å². The van der Waals surface area contributed by atoms with E-state index >= 15 is 0 Å². The van der Waals surface area contributed by atoms with Crippen LogP contribution in [0, 0.1) is 0 Å². The summed E-state index contributed by atoms with van der Waals surface area (Å²) in [5.74, 6) is -5.13. The number of carbonyl (C=O) groups excluding carboxylic acids is 2. The van der Waals surface area contributed by atoms with Gasteiger partial charge < -0.3 is 30.1 Å². The minimum atomic E-state index is -2.20. The Morgan fingerprint density at radius 1 is 1.45 bits per heavy atom. The van der Waals surface area contributed by atoms with Crippen molar-refractivity contribution >= 4 is 17.7 Å². The molecule has 1 amide bonds. The molecule has 1 aliphatic heterocycles. The van der Waals surface area contributed by atoms with Crippen molar-refractivity contribution in [1.29, 1.82) is 0 Å². The molecule has 0 aromatic carbocycles. The van der Waals surface area contributed by atoms with Crippen molar-refractivity contribution in [3.63, 3.8) is 0 Å². The number of hydrogen-bond donors (Lipinski definition) is 4. The Morgan fingerprint density at radius 3 is 2.45 bits per heavy atom. The Hall–Kier alpha value is -1.55. The van der Waals surface area contributed by atoms with Gasteiger partial charge in [0.2, 0.25) is 5.91 Å². The lowest BCUT2D eigenvalue weighted by molar-refractivity contribution is -0.281. The largest absolute Gasteiger partial charge is 0.477 e. The zero-order chi connectivity index (χ0) is 15.5. The van der Waals surface area contributed by atoms with Crippen molar-refractivity contribution in [3.8, 4) is 0 Å². The van der Waals surface area contributed by atoms with Crippen LogP contribution < -0.4 is 5.32 Å². The molecule has 4 atom stereocenters. The fourth-order valence-corrected chi connectivity index (χ4v) is 2.05. The third-order valence-electron chi connectivity index (χ3n) is 3.03. The summed E-state index contributed by atoms with van der Waals surface area (Å²) in [4.78, 5) is 33.9. The predicted octanol–water partition coefficient (Wildman–Crippen LogP) is -2.37. The lowest BCUT2D eigenvalue weighted by Gasteiger charge is -2.43. The van der Waals surface area contributed by atoms with Gasteiger partial charge in [-0.1, -0.05) is 0 Å². The molecule has 1 rings (SSSR count). The molecule has 4 unspecified atom stereocenters. The number of aliphatic hydroxyl groups is 2. The lowest BCUT2D eigenvalue weighted by Crippen LogP contribution is -2.65. The third-order valence-corrected chi connectivity index (χ3v) is 3.03. The number of nitrogens with one attached hydrogen (secondary N) is 1. The monoisotopic (exact) mass is 291 g/mol. The molecule has 0 spiro atoms. The molecule has 0 bridgehead atoms. The van der Waals surface area contributed by atoms with E-state index < -0.39 is 54.7 Å². The van der Waals surface area contributed by atoms with Crippen molar-refractivity contribution in [2.24, 2.45) is 0 Å². The quantitative estimate of drug-likeness (QED) is 0.440. The van der Waals surface area contributed by atoms with E-state index in [9.17, 15) is 19.5 Å².